The molecule has 3 nitrogen and oxygen atoms in total. The molecule has 0 heterocycles. The van der Waals surface area contributed by atoms with E-state index in [-0.39, 0.29) is 18.0 Å². The smallest absolute Gasteiger partial charge is 0.336 e. The van der Waals surface area contributed by atoms with Gasteiger partial charge in [0.25, 0.3) is 0 Å². The van der Waals surface area contributed by atoms with Gasteiger partial charge in [0.1, 0.15) is 18.2 Å². The lowest BCUT2D eigenvalue weighted by atomic mass is 10.1. The molecule has 0 saturated carbocycles. The minimum Gasteiger partial charge on any atom is -0.488 e. The van der Waals surface area contributed by atoms with Crippen LogP contribution in [-0.4, -0.2) is 11.1 Å². The van der Waals surface area contributed by atoms with Crippen LogP contribution in [0.15, 0.2) is 40.9 Å². The van der Waals surface area contributed by atoms with Crippen LogP contribution < -0.4 is 4.74 Å². The Labute approximate surface area is 124 Å². The maximum Gasteiger partial charge on any atom is 0.336 e. The molecule has 104 valence electrons. The van der Waals surface area contributed by atoms with Gasteiger partial charge in [-0.15, -0.1) is 0 Å². The molecule has 0 bridgehead atoms. The van der Waals surface area contributed by atoms with E-state index < -0.39 is 5.97 Å². The van der Waals surface area contributed by atoms with Crippen molar-refractivity contribution in [1.82, 2.24) is 0 Å². The second kappa shape index (κ2) is 6.05. The van der Waals surface area contributed by atoms with Gasteiger partial charge in [-0.05, 0) is 31.2 Å². The average Bonchev–Trinajstić information content (AvgIpc) is 2.39. The first-order valence-electron chi connectivity index (χ1n) is 5.88. The van der Waals surface area contributed by atoms with Gasteiger partial charge in [0, 0.05) is 15.6 Å². The predicted octanol–water partition coefficient (Wildman–Crippen LogP) is 4.17. The molecule has 0 aliphatic rings. The van der Waals surface area contributed by atoms with Crippen molar-refractivity contribution < 1.29 is 19.0 Å². The molecular formula is C15H12BrFO3. The number of hydrogen-bond donors (Lipinski definition) is 1. The topological polar surface area (TPSA) is 46.5 Å². The fraction of sp³-hybridized carbons (Fsp3) is 0.133. The van der Waals surface area contributed by atoms with E-state index in [1.54, 1.807) is 31.2 Å². The molecule has 0 aliphatic heterocycles. The first kappa shape index (κ1) is 14.5. The van der Waals surface area contributed by atoms with E-state index in [0.717, 1.165) is 0 Å². The third-order valence-corrected chi connectivity index (χ3v) is 3.41. The van der Waals surface area contributed by atoms with Crippen LogP contribution in [-0.2, 0) is 6.61 Å². The summed E-state index contributed by atoms with van der Waals surface area (Å²) in [6, 6.07) is 9.48. The molecule has 0 saturated heterocycles. The Hall–Kier alpha value is -1.88. The van der Waals surface area contributed by atoms with Gasteiger partial charge < -0.3 is 9.84 Å². The van der Waals surface area contributed by atoms with Crippen molar-refractivity contribution in [3.05, 3.63) is 63.4 Å². The molecule has 0 unspecified atom stereocenters. The standard InChI is InChI=1S/C15H12BrFO3/c1-9-12(15(18)19)3-2-4-14(9)20-8-10-5-6-11(16)7-13(10)17/h2-7H,8H2,1H3,(H,18,19). The van der Waals surface area contributed by atoms with Gasteiger partial charge in [0.15, 0.2) is 0 Å². The van der Waals surface area contributed by atoms with Gasteiger partial charge in [-0.2, -0.15) is 0 Å². The highest BCUT2D eigenvalue weighted by atomic mass is 79.9. The molecule has 0 aliphatic carbocycles. The van der Waals surface area contributed by atoms with Crippen molar-refractivity contribution in [2.24, 2.45) is 0 Å². The van der Waals surface area contributed by atoms with Gasteiger partial charge >= 0.3 is 5.97 Å². The van der Waals surface area contributed by atoms with Crippen molar-refractivity contribution >= 4 is 21.9 Å². The third-order valence-electron chi connectivity index (χ3n) is 2.91. The van der Waals surface area contributed by atoms with E-state index in [4.69, 9.17) is 9.84 Å². The van der Waals surface area contributed by atoms with Crippen LogP contribution in [0, 0.1) is 12.7 Å². The third kappa shape index (κ3) is 3.17. The molecule has 5 heteroatoms. The molecule has 2 aromatic rings. The highest BCUT2D eigenvalue weighted by Crippen LogP contribution is 2.23. The molecule has 2 aromatic carbocycles. The Morgan fingerprint density at radius 2 is 2.10 bits per heavy atom. The van der Waals surface area contributed by atoms with E-state index in [1.165, 1.54) is 12.1 Å². The molecule has 0 atom stereocenters. The summed E-state index contributed by atoms with van der Waals surface area (Å²) >= 11 is 3.18. The molecule has 0 fully saturated rings. The molecule has 0 aromatic heterocycles. The second-order valence-corrected chi connectivity index (χ2v) is 5.17. The molecule has 0 spiro atoms. The van der Waals surface area contributed by atoms with Crippen molar-refractivity contribution in [2.45, 2.75) is 13.5 Å². The minimum atomic E-state index is -1.01. The summed E-state index contributed by atoms with van der Waals surface area (Å²) in [6.45, 7) is 1.71. The van der Waals surface area contributed by atoms with Crippen molar-refractivity contribution in [3.63, 3.8) is 0 Å². The fourth-order valence-electron chi connectivity index (χ4n) is 1.80. The number of hydrogen-bond acceptors (Lipinski definition) is 2. The molecule has 0 amide bonds. The first-order chi connectivity index (χ1) is 9.49. The van der Waals surface area contributed by atoms with Crippen LogP contribution in [0.2, 0.25) is 0 Å². The Balaban J connectivity index is 2.19. The molecule has 1 N–H and O–H groups in total. The molecule has 20 heavy (non-hydrogen) atoms. The minimum absolute atomic E-state index is 0.0447. The maximum absolute atomic E-state index is 13.7. The summed E-state index contributed by atoms with van der Waals surface area (Å²) in [5.74, 6) is -0.943. The second-order valence-electron chi connectivity index (χ2n) is 4.26. The number of halogens is 2. The SMILES string of the molecule is Cc1c(OCc2ccc(Br)cc2F)cccc1C(=O)O. The summed E-state index contributed by atoms with van der Waals surface area (Å²) in [5.41, 5.74) is 1.12. The summed E-state index contributed by atoms with van der Waals surface area (Å²) in [5, 5.41) is 9.03. The number of carbonyl (C=O) groups is 1. The molecule has 2 rings (SSSR count). The average molecular weight is 339 g/mol. The Morgan fingerprint density at radius 3 is 2.75 bits per heavy atom. The fourth-order valence-corrected chi connectivity index (χ4v) is 2.13. The van der Waals surface area contributed by atoms with Crippen LogP contribution in [0.5, 0.6) is 5.75 Å². The lowest BCUT2D eigenvalue weighted by Gasteiger charge is -2.11. The number of benzene rings is 2. The number of carboxylic acid groups (broad SMARTS) is 1. The van der Waals surface area contributed by atoms with Crippen LogP contribution in [0.4, 0.5) is 4.39 Å². The number of carboxylic acids is 1. The maximum atomic E-state index is 13.7. The van der Waals surface area contributed by atoms with E-state index in [9.17, 15) is 9.18 Å². The summed E-state index contributed by atoms with van der Waals surface area (Å²) in [7, 11) is 0. The van der Waals surface area contributed by atoms with E-state index in [1.807, 2.05) is 0 Å². The lowest BCUT2D eigenvalue weighted by molar-refractivity contribution is 0.0695. The Morgan fingerprint density at radius 1 is 1.35 bits per heavy atom. The highest BCUT2D eigenvalue weighted by Gasteiger charge is 2.11. The van der Waals surface area contributed by atoms with Gasteiger partial charge in [-0.25, -0.2) is 9.18 Å². The number of ether oxygens (including phenoxy) is 1. The molecular weight excluding hydrogens is 327 g/mol. The quantitative estimate of drug-likeness (QED) is 0.909. The zero-order chi connectivity index (χ0) is 14.7. The van der Waals surface area contributed by atoms with E-state index in [2.05, 4.69) is 15.9 Å². The van der Waals surface area contributed by atoms with Gasteiger partial charge in [-0.1, -0.05) is 28.1 Å². The highest BCUT2D eigenvalue weighted by molar-refractivity contribution is 9.10. The zero-order valence-corrected chi connectivity index (χ0v) is 12.3. The van der Waals surface area contributed by atoms with Crippen molar-refractivity contribution in [2.75, 3.05) is 0 Å². The predicted molar refractivity (Wildman–Crippen MR) is 76.6 cm³/mol. The summed E-state index contributed by atoms with van der Waals surface area (Å²) < 4.78 is 19.8. The van der Waals surface area contributed by atoms with Crippen LogP contribution in [0.1, 0.15) is 21.5 Å². The van der Waals surface area contributed by atoms with E-state index in [0.29, 0.717) is 21.3 Å². The Bertz CT molecular complexity index is 656. The van der Waals surface area contributed by atoms with Crippen LogP contribution in [0.25, 0.3) is 0 Å². The van der Waals surface area contributed by atoms with E-state index >= 15 is 0 Å². The van der Waals surface area contributed by atoms with Gasteiger partial charge in [0.2, 0.25) is 0 Å². The summed E-state index contributed by atoms with van der Waals surface area (Å²) in [6.07, 6.45) is 0. The largest absolute Gasteiger partial charge is 0.488 e. The lowest BCUT2D eigenvalue weighted by Crippen LogP contribution is -2.04. The monoisotopic (exact) mass is 338 g/mol. The van der Waals surface area contributed by atoms with Gasteiger partial charge in [0.05, 0.1) is 5.56 Å². The normalized spacial score (nSPS) is 10.3. The summed E-state index contributed by atoms with van der Waals surface area (Å²) in [4.78, 5) is 11.0. The van der Waals surface area contributed by atoms with Gasteiger partial charge in [-0.3, -0.25) is 0 Å². The number of aromatic carboxylic acids is 1. The first-order valence-corrected chi connectivity index (χ1v) is 6.68. The van der Waals surface area contributed by atoms with Crippen molar-refractivity contribution in [3.8, 4) is 5.75 Å². The zero-order valence-electron chi connectivity index (χ0n) is 10.7. The Kier molecular flexibility index (Phi) is 4.39. The van der Waals surface area contributed by atoms with Crippen LogP contribution >= 0.6 is 15.9 Å². The van der Waals surface area contributed by atoms with Crippen molar-refractivity contribution in [1.29, 1.82) is 0 Å². The molecule has 0 radical (unpaired) electrons. The van der Waals surface area contributed by atoms with Crippen LogP contribution in [0.3, 0.4) is 0 Å². The number of rotatable bonds is 4.